The Bertz CT molecular complexity index is 1960. The third kappa shape index (κ3) is 12.6. The lowest BCUT2D eigenvalue weighted by Gasteiger charge is -2.26. The Labute approximate surface area is 314 Å². The van der Waals surface area contributed by atoms with Crippen LogP contribution in [0.4, 0.5) is 0 Å². The van der Waals surface area contributed by atoms with Gasteiger partial charge >= 0.3 is 0 Å². The number of benzene rings is 4. The fourth-order valence-corrected chi connectivity index (χ4v) is 6.23. The maximum absolute atomic E-state index is 14.1. The first kappa shape index (κ1) is 40.7. The number of fused-ring (bicyclic) bond motifs is 2. The van der Waals surface area contributed by atoms with Crippen molar-refractivity contribution in [1.82, 2.24) is 21.3 Å². The van der Waals surface area contributed by atoms with E-state index in [0.717, 1.165) is 32.7 Å². The van der Waals surface area contributed by atoms with Gasteiger partial charge in [-0.15, -0.1) is 0 Å². The van der Waals surface area contributed by atoms with Crippen LogP contribution in [0.5, 0.6) is 0 Å². The number of hydrogen-bond acceptors (Lipinski definition) is 7. The lowest BCUT2D eigenvalue weighted by molar-refractivity contribution is -0.134. The first-order chi connectivity index (χ1) is 25.9. The van der Waals surface area contributed by atoms with Crippen molar-refractivity contribution in [3.63, 3.8) is 0 Å². The molecule has 286 valence electrons. The molecule has 0 unspecified atom stereocenters. The number of rotatable bonds is 20. The van der Waals surface area contributed by atoms with Crippen LogP contribution in [0, 0.1) is 0 Å². The Kier molecular flexibility index (Phi) is 15.3. The third-order valence-corrected chi connectivity index (χ3v) is 9.02. The molecule has 0 aliphatic carbocycles. The molecule has 4 aromatic rings. The van der Waals surface area contributed by atoms with E-state index in [9.17, 15) is 24.0 Å². The van der Waals surface area contributed by atoms with Crippen LogP contribution in [0.1, 0.15) is 50.2 Å². The van der Waals surface area contributed by atoms with Gasteiger partial charge in [-0.3, -0.25) is 29.0 Å². The smallest absolute Gasteiger partial charge is 0.243 e. The van der Waals surface area contributed by atoms with Crippen LogP contribution < -0.4 is 44.2 Å². The highest BCUT2D eigenvalue weighted by atomic mass is 16.2. The lowest BCUT2D eigenvalue weighted by Crippen LogP contribution is -2.58. The highest BCUT2D eigenvalue weighted by Crippen LogP contribution is 2.19. The minimum absolute atomic E-state index is 0.0713. The predicted molar refractivity (Wildman–Crippen MR) is 211 cm³/mol. The van der Waals surface area contributed by atoms with Crippen molar-refractivity contribution in [3.05, 3.63) is 96.1 Å². The van der Waals surface area contributed by atoms with Crippen molar-refractivity contribution in [2.45, 2.75) is 76.0 Å². The summed E-state index contributed by atoms with van der Waals surface area (Å²) < 4.78 is 0. The molecule has 4 atom stereocenters. The van der Waals surface area contributed by atoms with E-state index in [1.165, 1.54) is 6.92 Å². The molecule has 12 N–H and O–H groups in total. The SMILES string of the molecule is CC(=O)N[C@H](Cc1ccc2ccccc2c1)C(=O)N[C@@H](CCCN=C(N)N)C(=O)N[C@@H](Cc1ccc2ccccc2c1)C(=O)N[C@H](CCCCN)C(N)=O. The fourth-order valence-electron chi connectivity index (χ4n) is 6.23. The van der Waals surface area contributed by atoms with E-state index in [1.54, 1.807) is 0 Å². The number of unbranched alkanes of at least 4 members (excludes halogenated alkanes) is 1. The number of hydrogen-bond donors (Lipinski definition) is 8. The zero-order chi connectivity index (χ0) is 39.0. The highest BCUT2D eigenvalue weighted by molar-refractivity contribution is 5.96. The molecule has 0 radical (unpaired) electrons. The molecule has 5 amide bonds. The molecular weight excluding hydrogens is 686 g/mol. The average Bonchev–Trinajstić information content (AvgIpc) is 3.14. The second kappa shape index (κ2) is 20.3. The summed E-state index contributed by atoms with van der Waals surface area (Å²) in [6, 6.07) is 22.7. The number of carbonyl (C=O) groups is 5. The number of amides is 5. The van der Waals surface area contributed by atoms with Crippen LogP contribution >= 0.6 is 0 Å². The van der Waals surface area contributed by atoms with Gasteiger partial charge in [-0.1, -0.05) is 84.9 Å². The van der Waals surface area contributed by atoms with Gasteiger partial charge in [0.25, 0.3) is 0 Å². The monoisotopic (exact) mass is 737 g/mol. The molecule has 0 aliphatic heterocycles. The lowest BCUT2D eigenvalue weighted by atomic mass is 9.99. The molecule has 54 heavy (non-hydrogen) atoms. The maximum atomic E-state index is 14.1. The zero-order valence-corrected chi connectivity index (χ0v) is 30.6. The Balaban J connectivity index is 1.60. The molecule has 0 aliphatic rings. The van der Waals surface area contributed by atoms with Gasteiger partial charge in [-0.25, -0.2) is 0 Å². The van der Waals surface area contributed by atoms with E-state index < -0.39 is 53.7 Å². The largest absolute Gasteiger partial charge is 0.370 e. The number of guanidine groups is 1. The highest BCUT2D eigenvalue weighted by Gasteiger charge is 2.31. The van der Waals surface area contributed by atoms with Gasteiger partial charge in [0, 0.05) is 26.3 Å². The van der Waals surface area contributed by atoms with Crippen LogP contribution in [0.15, 0.2) is 89.9 Å². The number of aliphatic imine (C=N–C) groups is 1. The Hall–Kier alpha value is -6.02. The normalized spacial score (nSPS) is 13.2. The molecule has 0 saturated heterocycles. The summed E-state index contributed by atoms with van der Waals surface area (Å²) >= 11 is 0. The van der Waals surface area contributed by atoms with E-state index >= 15 is 0 Å². The first-order valence-corrected chi connectivity index (χ1v) is 18.1. The zero-order valence-electron chi connectivity index (χ0n) is 30.6. The van der Waals surface area contributed by atoms with Crippen molar-refractivity contribution in [2.75, 3.05) is 13.1 Å². The Morgan fingerprint density at radius 1 is 0.574 bits per heavy atom. The molecule has 4 aromatic carbocycles. The molecule has 0 saturated carbocycles. The second-order valence-electron chi connectivity index (χ2n) is 13.3. The fraction of sp³-hybridized carbons (Fsp3) is 0.350. The molecule has 14 heteroatoms. The Morgan fingerprint density at radius 3 is 1.54 bits per heavy atom. The number of primary amides is 1. The van der Waals surface area contributed by atoms with Gasteiger partial charge < -0.3 is 44.2 Å². The molecule has 0 spiro atoms. The van der Waals surface area contributed by atoms with E-state index in [2.05, 4.69) is 26.3 Å². The summed E-state index contributed by atoms with van der Waals surface area (Å²) in [7, 11) is 0. The summed E-state index contributed by atoms with van der Waals surface area (Å²) in [4.78, 5) is 70.4. The maximum Gasteiger partial charge on any atom is 0.243 e. The summed E-state index contributed by atoms with van der Waals surface area (Å²) in [5.41, 5.74) is 23.8. The molecule has 14 nitrogen and oxygen atoms in total. The molecule has 4 rings (SSSR count). The number of nitrogens with zero attached hydrogens (tertiary/aromatic N) is 1. The van der Waals surface area contributed by atoms with Crippen molar-refractivity contribution in [2.24, 2.45) is 27.9 Å². The Morgan fingerprint density at radius 2 is 1.04 bits per heavy atom. The average molecular weight is 738 g/mol. The van der Waals surface area contributed by atoms with E-state index in [0.29, 0.717) is 25.8 Å². The van der Waals surface area contributed by atoms with E-state index in [-0.39, 0.29) is 38.2 Å². The topological polar surface area (TPSA) is 250 Å². The van der Waals surface area contributed by atoms with Gasteiger partial charge in [-0.05, 0) is 71.3 Å². The summed E-state index contributed by atoms with van der Waals surface area (Å²) in [6.07, 6.45) is 2.11. The van der Waals surface area contributed by atoms with Crippen LogP contribution in [-0.2, 0) is 36.8 Å². The number of nitrogens with two attached hydrogens (primary N) is 4. The van der Waals surface area contributed by atoms with E-state index in [1.807, 2.05) is 84.9 Å². The summed E-state index contributed by atoms with van der Waals surface area (Å²) in [5.74, 6) is -3.12. The number of nitrogens with one attached hydrogen (secondary N) is 4. The van der Waals surface area contributed by atoms with E-state index in [4.69, 9.17) is 22.9 Å². The summed E-state index contributed by atoms with van der Waals surface area (Å²) in [5, 5.41) is 15.0. The first-order valence-electron chi connectivity index (χ1n) is 18.1. The van der Waals surface area contributed by atoms with Gasteiger partial charge in [0.05, 0.1) is 0 Å². The predicted octanol–water partition coefficient (Wildman–Crippen LogP) is 1.41. The molecule has 0 aromatic heterocycles. The summed E-state index contributed by atoms with van der Waals surface area (Å²) in [6.45, 7) is 1.91. The number of carbonyl (C=O) groups excluding carboxylic acids is 5. The van der Waals surface area contributed by atoms with Crippen molar-refractivity contribution < 1.29 is 24.0 Å². The van der Waals surface area contributed by atoms with Crippen LogP contribution in [0.3, 0.4) is 0 Å². The van der Waals surface area contributed by atoms with Crippen molar-refractivity contribution in [3.8, 4) is 0 Å². The molecule has 0 bridgehead atoms. The van der Waals surface area contributed by atoms with Crippen LogP contribution in [0.2, 0.25) is 0 Å². The van der Waals surface area contributed by atoms with Crippen molar-refractivity contribution in [1.29, 1.82) is 0 Å². The molecule has 0 heterocycles. The van der Waals surface area contributed by atoms with Gasteiger partial charge in [-0.2, -0.15) is 0 Å². The minimum Gasteiger partial charge on any atom is -0.370 e. The second-order valence-corrected chi connectivity index (χ2v) is 13.3. The minimum atomic E-state index is -1.16. The van der Waals surface area contributed by atoms with Crippen molar-refractivity contribution >= 4 is 57.0 Å². The van der Waals surface area contributed by atoms with Gasteiger partial charge in [0.2, 0.25) is 29.5 Å². The van der Waals surface area contributed by atoms with Gasteiger partial charge in [0.1, 0.15) is 24.2 Å². The van der Waals surface area contributed by atoms with Crippen LogP contribution in [0.25, 0.3) is 21.5 Å². The van der Waals surface area contributed by atoms with Crippen LogP contribution in [-0.4, -0.2) is 72.8 Å². The standard InChI is InChI=1S/C40H51N9O5/c1-25(50)46-34(23-26-15-17-28-9-2-4-11-30(28)21-26)38(53)48-33(14-8-20-45-40(43)44)37(52)49-35(39(54)47-32(36(42)51)13-6-7-19-41)24-27-16-18-29-10-3-5-12-31(29)22-27/h2-5,9-12,15-18,21-22,32-35H,6-8,13-14,19-20,23-24,41H2,1H3,(H2,42,51)(H,46,50)(H,47,54)(H,48,53)(H,49,52)(H4,43,44,45)/t32-,33+,34-,35+/m1/s1. The molecular formula is C40H51N9O5. The van der Waals surface area contributed by atoms with Gasteiger partial charge in [0.15, 0.2) is 5.96 Å². The third-order valence-electron chi connectivity index (χ3n) is 9.02. The molecule has 0 fully saturated rings. The quantitative estimate of drug-likeness (QED) is 0.0373.